The topological polar surface area (TPSA) is 92.4 Å². The van der Waals surface area contributed by atoms with Crippen LogP contribution in [0.4, 0.5) is 4.39 Å². The number of amides is 1. The molecule has 25 heavy (non-hydrogen) atoms. The van der Waals surface area contributed by atoms with Gasteiger partial charge < -0.3 is 14.8 Å². The van der Waals surface area contributed by atoms with Crippen LogP contribution < -0.4 is 5.32 Å². The van der Waals surface area contributed by atoms with Gasteiger partial charge in [-0.2, -0.15) is 0 Å². The molecule has 0 radical (unpaired) electrons. The maximum Gasteiger partial charge on any atom is 0.303 e. The highest BCUT2D eigenvalue weighted by Gasteiger charge is 2.21. The molecular weight excluding hydrogens is 327 g/mol. The Labute approximate surface area is 145 Å². The van der Waals surface area contributed by atoms with Gasteiger partial charge in [-0.15, -0.1) is 0 Å². The number of oxazole rings is 1. The van der Waals surface area contributed by atoms with E-state index in [1.165, 1.54) is 12.3 Å². The molecule has 1 aromatic heterocycles. The zero-order chi connectivity index (χ0) is 18.4. The van der Waals surface area contributed by atoms with E-state index in [1.54, 1.807) is 32.0 Å². The highest BCUT2D eigenvalue weighted by Crippen LogP contribution is 2.23. The molecular formula is C18H21FN2O4. The lowest BCUT2D eigenvalue weighted by Gasteiger charge is -2.25. The van der Waals surface area contributed by atoms with Crippen LogP contribution in [0.2, 0.25) is 0 Å². The molecule has 0 aliphatic rings. The molecule has 2 N–H and O–H groups in total. The molecule has 1 heterocycles. The Morgan fingerprint density at radius 1 is 1.28 bits per heavy atom. The minimum Gasteiger partial charge on any atom is -0.481 e. The Bertz CT molecular complexity index is 755. The molecule has 0 aliphatic heterocycles. The van der Waals surface area contributed by atoms with Gasteiger partial charge in [0.1, 0.15) is 5.82 Å². The van der Waals surface area contributed by atoms with E-state index in [4.69, 9.17) is 9.52 Å². The molecule has 1 aromatic carbocycles. The van der Waals surface area contributed by atoms with Gasteiger partial charge in [0.05, 0.1) is 11.8 Å². The van der Waals surface area contributed by atoms with Crippen molar-refractivity contribution >= 4 is 11.9 Å². The zero-order valence-electron chi connectivity index (χ0n) is 14.2. The van der Waals surface area contributed by atoms with Crippen LogP contribution in [0, 0.1) is 5.82 Å². The summed E-state index contributed by atoms with van der Waals surface area (Å²) >= 11 is 0. The quantitative estimate of drug-likeness (QED) is 0.764. The highest BCUT2D eigenvalue weighted by molar-refractivity contribution is 5.77. The van der Waals surface area contributed by atoms with Gasteiger partial charge in [0.25, 0.3) is 0 Å². The number of nitrogens with one attached hydrogen (secondary N) is 1. The summed E-state index contributed by atoms with van der Waals surface area (Å²) in [7, 11) is 0. The first kappa shape index (κ1) is 18.6. The fourth-order valence-corrected chi connectivity index (χ4v) is 2.35. The number of carbonyl (C=O) groups is 2. The number of nitrogens with zero attached hydrogens (tertiary/aromatic N) is 1. The molecule has 1 amide bonds. The zero-order valence-corrected chi connectivity index (χ0v) is 14.2. The minimum atomic E-state index is -0.900. The van der Waals surface area contributed by atoms with Crippen LogP contribution in [-0.4, -0.2) is 27.5 Å². The van der Waals surface area contributed by atoms with Crippen molar-refractivity contribution in [2.75, 3.05) is 0 Å². The Balaban J connectivity index is 1.88. The van der Waals surface area contributed by atoms with E-state index < -0.39 is 17.3 Å². The minimum absolute atomic E-state index is 0.0149. The van der Waals surface area contributed by atoms with Gasteiger partial charge in [0.2, 0.25) is 5.91 Å². The van der Waals surface area contributed by atoms with Crippen LogP contribution in [0.5, 0.6) is 0 Å². The number of aryl methyl sites for hydroxylation is 1. The number of carboxylic acids is 1. The fourth-order valence-electron chi connectivity index (χ4n) is 2.35. The molecule has 134 valence electrons. The third-order valence-corrected chi connectivity index (χ3v) is 3.70. The molecule has 7 heteroatoms. The molecule has 6 nitrogen and oxygen atoms in total. The van der Waals surface area contributed by atoms with E-state index in [2.05, 4.69) is 10.3 Å². The summed E-state index contributed by atoms with van der Waals surface area (Å²) in [6.45, 7) is 3.55. The van der Waals surface area contributed by atoms with E-state index in [0.717, 1.165) is 0 Å². The SMILES string of the molecule is CC(C)(CCC(=O)O)NC(=O)CCc1ncc(-c2ccccc2F)o1. The number of benzene rings is 1. The first-order chi connectivity index (χ1) is 11.8. The second-order valence-electron chi connectivity index (χ2n) is 6.42. The second-order valence-corrected chi connectivity index (χ2v) is 6.42. The standard InChI is InChI=1S/C18H21FN2O4/c1-18(2,10-9-17(23)24)21-15(22)7-8-16-20-11-14(25-16)12-5-3-4-6-13(12)19/h3-6,11H,7-10H2,1-2H3,(H,21,22)(H,23,24). The number of hydrogen-bond acceptors (Lipinski definition) is 4. The van der Waals surface area contributed by atoms with E-state index in [-0.39, 0.29) is 25.2 Å². The second kappa shape index (κ2) is 7.92. The monoisotopic (exact) mass is 348 g/mol. The van der Waals surface area contributed by atoms with E-state index in [1.807, 2.05) is 0 Å². The van der Waals surface area contributed by atoms with E-state index >= 15 is 0 Å². The van der Waals surface area contributed by atoms with Crippen molar-refractivity contribution in [1.82, 2.24) is 10.3 Å². The van der Waals surface area contributed by atoms with Crippen molar-refractivity contribution in [2.45, 2.75) is 45.1 Å². The number of aromatic nitrogens is 1. The van der Waals surface area contributed by atoms with Crippen LogP contribution in [0.25, 0.3) is 11.3 Å². The first-order valence-electron chi connectivity index (χ1n) is 7.99. The van der Waals surface area contributed by atoms with Gasteiger partial charge in [-0.3, -0.25) is 9.59 Å². The maximum atomic E-state index is 13.7. The number of rotatable bonds is 8. The number of aliphatic carboxylic acids is 1. The number of hydrogen-bond donors (Lipinski definition) is 2. The molecule has 0 bridgehead atoms. The molecule has 0 saturated heterocycles. The average Bonchev–Trinajstić information content (AvgIpc) is 3.00. The molecule has 0 spiro atoms. The van der Waals surface area contributed by atoms with Crippen molar-refractivity contribution in [3.8, 4) is 11.3 Å². The maximum absolute atomic E-state index is 13.7. The van der Waals surface area contributed by atoms with Gasteiger partial charge >= 0.3 is 5.97 Å². The molecule has 0 saturated carbocycles. The van der Waals surface area contributed by atoms with Gasteiger partial charge in [0.15, 0.2) is 11.7 Å². The molecule has 2 aromatic rings. The van der Waals surface area contributed by atoms with Crippen LogP contribution in [-0.2, 0) is 16.0 Å². The predicted octanol–water partition coefficient (Wildman–Crippen LogP) is 3.17. The number of carboxylic acid groups (broad SMARTS) is 1. The summed E-state index contributed by atoms with van der Waals surface area (Å²) in [4.78, 5) is 26.7. The van der Waals surface area contributed by atoms with Crippen LogP contribution >= 0.6 is 0 Å². The van der Waals surface area contributed by atoms with Crippen molar-refractivity contribution in [1.29, 1.82) is 0 Å². The first-order valence-corrected chi connectivity index (χ1v) is 7.99. The van der Waals surface area contributed by atoms with Crippen LogP contribution in [0.15, 0.2) is 34.9 Å². The Morgan fingerprint density at radius 3 is 2.68 bits per heavy atom. The van der Waals surface area contributed by atoms with Crippen molar-refractivity contribution in [3.63, 3.8) is 0 Å². The lowest BCUT2D eigenvalue weighted by Crippen LogP contribution is -2.43. The van der Waals surface area contributed by atoms with E-state index in [0.29, 0.717) is 23.6 Å². The molecule has 0 atom stereocenters. The molecule has 2 rings (SSSR count). The largest absolute Gasteiger partial charge is 0.481 e. The third-order valence-electron chi connectivity index (χ3n) is 3.70. The summed E-state index contributed by atoms with van der Waals surface area (Å²) in [5.41, 5.74) is -0.287. The average molecular weight is 348 g/mol. The normalized spacial score (nSPS) is 11.3. The molecule has 0 fully saturated rings. The summed E-state index contributed by atoms with van der Waals surface area (Å²) in [5.74, 6) is -0.862. The van der Waals surface area contributed by atoms with Crippen molar-refractivity contribution in [3.05, 3.63) is 42.2 Å². The van der Waals surface area contributed by atoms with Gasteiger partial charge in [0, 0.05) is 24.8 Å². The molecule has 0 aliphatic carbocycles. The van der Waals surface area contributed by atoms with E-state index in [9.17, 15) is 14.0 Å². The summed E-state index contributed by atoms with van der Waals surface area (Å²) in [6.07, 6.45) is 2.18. The van der Waals surface area contributed by atoms with Gasteiger partial charge in [-0.05, 0) is 32.4 Å². The Morgan fingerprint density at radius 2 is 2.00 bits per heavy atom. The third kappa shape index (κ3) is 5.70. The van der Waals surface area contributed by atoms with Crippen molar-refractivity contribution < 1.29 is 23.5 Å². The Hall–Kier alpha value is -2.70. The smallest absolute Gasteiger partial charge is 0.303 e. The Kier molecular flexibility index (Phi) is 5.90. The molecule has 0 unspecified atom stereocenters. The summed E-state index contributed by atoms with van der Waals surface area (Å²) in [5, 5.41) is 11.5. The lowest BCUT2D eigenvalue weighted by molar-refractivity contribution is -0.137. The summed E-state index contributed by atoms with van der Waals surface area (Å²) in [6, 6.07) is 6.22. The van der Waals surface area contributed by atoms with Crippen molar-refractivity contribution in [2.24, 2.45) is 0 Å². The summed E-state index contributed by atoms with van der Waals surface area (Å²) < 4.78 is 19.2. The van der Waals surface area contributed by atoms with Crippen LogP contribution in [0.1, 0.15) is 39.0 Å². The van der Waals surface area contributed by atoms with Gasteiger partial charge in [-0.1, -0.05) is 12.1 Å². The predicted molar refractivity (Wildman–Crippen MR) is 89.3 cm³/mol. The highest BCUT2D eigenvalue weighted by atomic mass is 19.1. The van der Waals surface area contributed by atoms with Gasteiger partial charge in [-0.25, -0.2) is 9.37 Å². The van der Waals surface area contributed by atoms with Crippen LogP contribution in [0.3, 0.4) is 0 Å². The number of carbonyl (C=O) groups excluding carboxylic acids is 1. The fraction of sp³-hybridized carbons (Fsp3) is 0.389. The lowest BCUT2D eigenvalue weighted by atomic mass is 9.98. The number of halogens is 1.